The first-order chi connectivity index (χ1) is 9.16. The minimum Gasteiger partial charge on any atom is -0.478 e. The summed E-state index contributed by atoms with van der Waals surface area (Å²) in [5.74, 6) is -0.968. The van der Waals surface area contributed by atoms with Crippen molar-refractivity contribution in [2.45, 2.75) is 13.0 Å². The Morgan fingerprint density at radius 2 is 2.32 bits per heavy atom. The first kappa shape index (κ1) is 11.8. The number of rotatable bonds is 3. The molecule has 7 heteroatoms. The lowest BCUT2D eigenvalue weighted by Crippen LogP contribution is -2.08. The van der Waals surface area contributed by atoms with E-state index in [0.717, 1.165) is 10.5 Å². The molecule has 2 heterocycles. The third-order valence-corrected chi connectivity index (χ3v) is 3.84. The molecule has 0 saturated carbocycles. The molecule has 96 valence electrons. The quantitative estimate of drug-likeness (QED) is 0.791. The summed E-state index contributed by atoms with van der Waals surface area (Å²) in [4.78, 5) is 15.2. The molecule has 0 aliphatic heterocycles. The molecule has 0 radical (unpaired) electrons. The zero-order valence-corrected chi connectivity index (χ0v) is 10.8. The van der Waals surface area contributed by atoms with Crippen LogP contribution in [-0.2, 0) is 0 Å². The standard InChI is InChI=1S/C12H10N4O2S/c1-7(11-13-4-5-19-11)16-10-3-2-8(12(17)18)6-9(10)14-15-16/h2-7H,1H3,(H,17,18). The van der Waals surface area contributed by atoms with Crippen LogP contribution in [0.25, 0.3) is 11.0 Å². The van der Waals surface area contributed by atoms with Gasteiger partial charge in [0.2, 0.25) is 0 Å². The second kappa shape index (κ2) is 4.43. The SMILES string of the molecule is CC(c1nccs1)n1nnc2cc(C(=O)O)ccc21. The van der Waals surface area contributed by atoms with Crippen molar-refractivity contribution in [3.8, 4) is 0 Å². The highest BCUT2D eigenvalue weighted by Crippen LogP contribution is 2.23. The molecule has 0 spiro atoms. The maximum absolute atomic E-state index is 10.9. The van der Waals surface area contributed by atoms with Gasteiger partial charge in [0.25, 0.3) is 0 Å². The first-order valence-electron chi connectivity index (χ1n) is 5.64. The van der Waals surface area contributed by atoms with Crippen LogP contribution in [0.5, 0.6) is 0 Å². The molecule has 1 aromatic carbocycles. The van der Waals surface area contributed by atoms with Gasteiger partial charge in [-0.3, -0.25) is 0 Å². The molecular formula is C12H10N4O2S. The average Bonchev–Trinajstić information content (AvgIpc) is 3.06. The predicted octanol–water partition coefficient (Wildman–Crippen LogP) is 2.20. The van der Waals surface area contributed by atoms with Gasteiger partial charge in [0.05, 0.1) is 11.1 Å². The number of aromatic nitrogens is 4. The Morgan fingerprint density at radius 3 is 3.00 bits per heavy atom. The Balaban J connectivity index is 2.08. The van der Waals surface area contributed by atoms with E-state index in [4.69, 9.17) is 5.11 Å². The van der Waals surface area contributed by atoms with Crippen LogP contribution in [0.1, 0.15) is 28.3 Å². The van der Waals surface area contributed by atoms with E-state index < -0.39 is 5.97 Å². The van der Waals surface area contributed by atoms with Crippen molar-refractivity contribution >= 4 is 28.3 Å². The summed E-state index contributed by atoms with van der Waals surface area (Å²) in [5, 5.41) is 19.9. The highest BCUT2D eigenvalue weighted by atomic mass is 32.1. The van der Waals surface area contributed by atoms with E-state index in [2.05, 4.69) is 15.3 Å². The molecule has 1 unspecified atom stereocenters. The number of hydrogen-bond donors (Lipinski definition) is 1. The molecule has 0 bridgehead atoms. The van der Waals surface area contributed by atoms with Gasteiger partial charge >= 0.3 is 5.97 Å². The van der Waals surface area contributed by atoms with Gasteiger partial charge in [-0.25, -0.2) is 14.5 Å². The van der Waals surface area contributed by atoms with Crippen molar-refractivity contribution in [1.82, 2.24) is 20.0 Å². The van der Waals surface area contributed by atoms with Crippen LogP contribution in [0.4, 0.5) is 0 Å². The van der Waals surface area contributed by atoms with E-state index in [1.54, 1.807) is 34.3 Å². The molecule has 6 nitrogen and oxygen atoms in total. The van der Waals surface area contributed by atoms with Crippen molar-refractivity contribution in [3.63, 3.8) is 0 Å². The van der Waals surface area contributed by atoms with E-state index >= 15 is 0 Å². The summed E-state index contributed by atoms with van der Waals surface area (Å²) in [6.45, 7) is 1.98. The van der Waals surface area contributed by atoms with Crippen molar-refractivity contribution in [3.05, 3.63) is 40.3 Å². The van der Waals surface area contributed by atoms with Crippen molar-refractivity contribution in [2.75, 3.05) is 0 Å². The molecule has 0 amide bonds. The van der Waals surface area contributed by atoms with Crippen LogP contribution >= 0.6 is 11.3 Å². The van der Waals surface area contributed by atoms with Gasteiger partial charge in [-0.2, -0.15) is 0 Å². The van der Waals surface area contributed by atoms with E-state index in [0.29, 0.717) is 5.52 Å². The minimum atomic E-state index is -0.968. The average molecular weight is 274 g/mol. The number of benzene rings is 1. The van der Waals surface area contributed by atoms with Crippen molar-refractivity contribution in [1.29, 1.82) is 0 Å². The number of thiazole rings is 1. The van der Waals surface area contributed by atoms with E-state index in [-0.39, 0.29) is 11.6 Å². The zero-order chi connectivity index (χ0) is 13.4. The predicted molar refractivity (Wildman–Crippen MR) is 70.4 cm³/mol. The molecule has 1 N–H and O–H groups in total. The molecule has 2 aromatic heterocycles. The lowest BCUT2D eigenvalue weighted by Gasteiger charge is -2.09. The largest absolute Gasteiger partial charge is 0.478 e. The van der Waals surface area contributed by atoms with Gasteiger partial charge in [-0.05, 0) is 25.1 Å². The molecule has 0 saturated heterocycles. The maximum atomic E-state index is 10.9. The van der Waals surface area contributed by atoms with Crippen LogP contribution in [0, 0.1) is 0 Å². The molecular weight excluding hydrogens is 264 g/mol. The number of hydrogen-bond acceptors (Lipinski definition) is 5. The van der Waals surface area contributed by atoms with Gasteiger partial charge in [0.15, 0.2) is 0 Å². The molecule has 0 aliphatic carbocycles. The second-order valence-electron chi connectivity index (χ2n) is 4.09. The summed E-state index contributed by atoms with van der Waals surface area (Å²) in [6, 6.07) is 4.78. The fourth-order valence-electron chi connectivity index (χ4n) is 1.91. The second-order valence-corrected chi connectivity index (χ2v) is 5.02. The Bertz CT molecular complexity index is 735. The molecule has 1 atom stereocenters. The highest BCUT2D eigenvalue weighted by Gasteiger charge is 2.16. The monoisotopic (exact) mass is 274 g/mol. The van der Waals surface area contributed by atoms with Crippen LogP contribution in [0.2, 0.25) is 0 Å². The third kappa shape index (κ3) is 1.97. The van der Waals surface area contributed by atoms with E-state index in [1.165, 1.54) is 6.07 Å². The summed E-state index contributed by atoms with van der Waals surface area (Å²) < 4.78 is 1.75. The van der Waals surface area contributed by atoms with Crippen molar-refractivity contribution < 1.29 is 9.90 Å². The molecule has 0 fully saturated rings. The minimum absolute atomic E-state index is 0.0271. The third-order valence-electron chi connectivity index (χ3n) is 2.89. The molecule has 0 aliphatic rings. The van der Waals surface area contributed by atoms with Crippen molar-refractivity contribution in [2.24, 2.45) is 0 Å². The smallest absolute Gasteiger partial charge is 0.335 e. The maximum Gasteiger partial charge on any atom is 0.335 e. The number of fused-ring (bicyclic) bond motifs is 1. The topological polar surface area (TPSA) is 80.9 Å². The lowest BCUT2D eigenvalue weighted by molar-refractivity contribution is 0.0697. The number of carboxylic acid groups (broad SMARTS) is 1. The molecule has 3 aromatic rings. The molecule has 3 rings (SSSR count). The molecule has 19 heavy (non-hydrogen) atoms. The summed E-state index contributed by atoms with van der Waals surface area (Å²) in [6.07, 6.45) is 1.75. The van der Waals surface area contributed by atoms with Crippen LogP contribution in [-0.4, -0.2) is 31.1 Å². The van der Waals surface area contributed by atoms with Gasteiger partial charge in [0, 0.05) is 11.6 Å². The Kier molecular flexibility index (Phi) is 2.75. The highest BCUT2D eigenvalue weighted by molar-refractivity contribution is 7.09. The van der Waals surface area contributed by atoms with Gasteiger partial charge in [-0.15, -0.1) is 16.4 Å². The fourth-order valence-corrected chi connectivity index (χ4v) is 2.59. The number of nitrogens with zero attached hydrogens (tertiary/aromatic N) is 4. The zero-order valence-electron chi connectivity index (χ0n) is 10.0. The van der Waals surface area contributed by atoms with Gasteiger partial charge in [0.1, 0.15) is 16.6 Å². The number of carbonyl (C=O) groups is 1. The normalized spacial score (nSPS) is 12.7. The Hall–Kier alpha value is -2.28. The lowest BCUT2D eigenvalue weighted by atomic mass is 10.2. The van der Waals surface area contributed by atoms with E-state index in [1.807, 2.05) is 12.3 Å². The Labute approximate surface area is 112 Å². The number of aromatic carboxylic acids is 1. The van der Waals surface area contributed by atoms with Crippen LogP contribution in [0.3, 0.4) is 0 Å². The van der Waals surface area contributed by atoms with Gasteiger partial charge < -0.3 is 5.11 Å². The summed E-state index contributed by atoms with van der Waals surface area (Å²) in [7, 11) is 0. The van der Waals surface area contributed by atoms with Crippen LogP contribution in [0.15, 0.2) is 29.8 Å². The van der Waals surface area contributed by atoms with Gasteiger partial charge in [-0.1, -0.05) is 5.21 Å². The first-order valence-corrected chi connectivity index (χ1v) is 6.52. The van der Waals surface area contributed by atoms with E-state index in [9.17, 15) is 4.79 Å². The number of carboxylic acids is 1. The summed E-state index contributed by atoms with van der Waals surface area (Å²) >= 11 is 1.55. The Morgan fingerprint density at radius 1 is 1.47 bits per heavy atom. The van der Waals surface area contributed by atoms with Crippen LogP contribution < -0.4 is 0 Å². The summed E-state index contributed by atoms with van der Waals surface area (Å²) in [5.41, 5.74) is 1.58. The fraction of sp³-hybridized carbons (Fsp3) is 0.167.